The Labute approximate surface area is 82.2 Å². The first-order chi connectivity index (χ1) is 6.30. The van der Waals surface area contributed by atoms with Crippen LogP contribution in [-0.4, -0.2) is 4.98 Å². The van der Waals surface area contributed by atoms with Crippen LogP contribution >= 0.6 is 11.3 Å². The molecule has 1 saturated carbocycles. The molecule has 1 aliphatic rings. The number of aromatic nitrogens is 1. The van der Waals surface area contributed by atoms with Crippen LogP contribution in [0.4, 0.5) is 0 Å². The lowest BCUT2D eigenvalue weighted by atomic mass is 10.1. The van der Waals surface area contributed by atoms with Crippen LogP contribution in [0, 0.1) is 11.3 Å². The average molecular weight is 192 g/mol. The third kappa shape index (κ3) is 1.47. The van der Waals surface area contributed by atoms with E-state index in [0.717, 1.165) is 31.4 Å². The van der Waals surface area contributed by atoms with E-state index in [9.17, 15) is 0 Å². The average Bonchev–Trinajstić information content (AvgIpc) is 2.82. The highest BCUT2D eigenvalue weighted by Gasteiger charge is 2.46. The molecule has 1 aromatic heterocycles. The quantitative estimate of drug-likeness (QED) is 0.738. The van der Waals surface area contributed by atoms with Gasteiger partial charge in [-0.1, -0.05) is 6.92 Å². The molecule has 1 aliphatic carbocycles. The minimum absolute atomic E-state index is 0.192. The van der Waals surface area contributed by atoms with E-state index in [0.29, 0.717) is 0 Å². The Hall–Kier alpha value is -0.880. The van der Waals surface area contributed by atoms with Crippen LogP contribution in [0.5, 0.6) is 0 Å². The van der Waals surface area contributed by atoms with E-state index in [4.69, 9.17) is 5.26 Å². The Kier molecular flexibility index (Phi) is 2.09. The highest BCUT2D eigenvalue weighted by molar-refractivity contribution is 7.09. The minimum Gasteiger partial charge on any atom is -0.245 e. The Morgan fingerprint density at radius 3 is 3.00 bits per heavy atom. The molecule has 2 rings (SSSR count). The van der Waals surface area contributed by atoms with Crippen LogP contribution in [0.25, 0.3) is 0 Å². The van der Waals surface area contributed by atoms with E-state index in [1.807, 2.05) is 0 Å². The molecule has 0 unspecified atom stereocenters. The monoisotopic (exact) mass is 192 g/mol. The summed E-state index contributed by atoms with van der Waals surface area (Å²) in [4.78, 5) is 4.50. The van der Waals surface area contributed by atoms with Crippen LogP contribution in [0.2, 0.25) is 0 Å². The fourth-order valence-corrected chi connectivity index (χ4v) is 2.41. The number of thiazole rings is 1. The van der Waals surface area contributed by atoms with Gasteiger partial charge >= 0.3 is 0 Å². The zero-order valence-corrected chi connectivity index (χ0v) is 8.52. The first-order valence-electron chi connectivity index (χ1n) is 4.67. The van der Waals surface area contributed by atoms with Crippen molar-refractivity contribution in [1.82, 2.24) is 4.98 Å². The van der Waals surface area contributed by atoms with Crippen molar-refractivity contribution in [2.75, 3.05) is 0 Å². The summed E-state index contributed by atoms with van der Waals surface area (Å²) in [6, 6.07) is 2.37. The van der Waals surface area contributed by atoms with Gasteiger partial charge in [0, 0.05) is 5.38 Å². The van der Waals surface area contributed by atoms with E-state index in [1.165, 1.54) is 5.01 Å². The van der Waals surface area contributed by atoms with Crippen LogP contribution in [0.15, 0.2) is 5.38 Å². The molecule has 68 valence electrons. The van der Waals surface area contributed by atoms with Gasteiger partial charge in [-0.25, -0.2) is 4.98 Å². The highest BCUT2D eigenvalue weighted by Crippen LogP contribution is 2.47. The van der Waals surface area contributed by atoms with Crippen molar-refractivity contribution < 1.29 is 0 Å². The maximum atomic E-state index is 8.96. The molecule has 0 radical (unpaired) electrons. The molecule has 0 aliphatic heterocycles. The molecule has 0 atom stereocenters. The van der Waals surface area contributed by atoms with Gasteiger partial charge < -0.3 is 0 Å². The minimum atomic E-state index is -0.192. The summed E-state index contributed by atoms with van der Waals surface area (Å²) in [6.07, 6.45) is 4.18. The van der Waals surface area contributed by atoms with Crippen LogP contribution in [-0.2, 0) is 11.8 Å². The predicted octanol–water partition coefficient (Wildman–Crippen LogP) is 2.65. The lowest BCUT2D eigenvalue weighted by molar-refractivity contribution is 0.835. The first-order valence-corrected chi connectivity index (χ1v) is 5.55. The smallest absolute Gasteiger partial charge is 0.100 e. The van der Waals surface area contributed by atoms with Crippen molar-refractivity contribution in [3.63, 3.8) is 0 Å². The van der Waals surface area contributed by atoms with Gasteiger partial charge in [0.1, 0.15) is 5.41 Å². The van der Waals surface area contributed by atoms with Crippen LogP contribution < -0.4 is 0 Å². The van der Waals surface area contributed by atoms with E-state index < -0.39 is 0 Å². The molecule has 0 saturated heterocycles. The number of hydrogen-bond donors (Lipinski definition) is 0. The number of rotatable bonds is 3. The molecule has 13 heavy (non-hydrogen) atoms. The molecule has 0 N–H and O–H groups in total. The van der Waals surface area contributed by atoms with Gasteiger partial charge in [0.25, 0.3) is 0 Å². The van der Waals surface area contributed by atoms with Gasteiger partial charge in [0.2, 0.25) is 0 Å². The zero-order valence-electron chi connectivity index (χ0n) is 7.71. The highest BCUT2D eigenvalue weighted by atomic mass is 32.1. The largest absolute Gasteiger partial charge is 0.245 e. The molecule has 0 aromatic carbocycles. The Bertz CT molecular complexity index is 344. The van der Waals surface area contributed by atoms with Gasteiger partial charge in [-0.3, -0.25) is 0 Å². The van der Waals surface area contributed by atoms with Crippen LogP contribution in [0.3, 0.4) is 0 Å². The molecule has 3 heteroatoms. The van der Waals surface area contributed by atoms with Crippen molar-refractivity contribution in [2.24, 2.45) is 0 Å². The summed E-state index contributed by atoms with van der Waals surface area (Å²) in [7, 11) is 0. The second kappa shape index (κ2) is 3.12. The van der Waals surface area contributed by atoms with Gasteiger partial charge in [0.15, 0.2) is 0 Å². The SMILES string of the molecule is CCCc1nc(C2(C#N)CC2)cs1. The molecular weight excluding hydrogens is 180 g/mol. The lowest BCUT2D eigenvalue weighted by Crippen LogP contribution is -2.02. The number of aryl methyl sites for hydroxylation is 1. The second-order valence-electron chi connectivity index (χ2n) is 3.57. The lowest BCUT2D eigenvalue weighted by Gasteiger charge is -1.97. The fraction of sp³-hybridized carbons (Fsp3) is 0.600. The molecule has 1 aromatic rings. The summed E-state index contributed by atoms with van der Waals surface area (Å²) >= 11 is 1.69. The van der Waals surface area contributed by atoms with Gasteiger partial charge in [-0.05, 0) is 25.7 Å². The summed E-state index contributed by atoms with van der Waals surface area (Å²) in [5.41, 5.74) is 0.825. The molecule has 1 heterocycles. The summed E-state index contributed by atoms with van der Waals surface area (Å²) in [5.74, 6) is 0. The number of hydrogen-bond acceptors (Lipinski definition) is 3. The van der Waals surface area contributed by atoms with E-state index in [2.05, 4.69) is 23.4 Å². The molecule has 0 spiro atoms. The summed E-state index contributed by atoms with van der Waals surface area (Å²) in [5, 5.41) is 12.2. The maximum Gasteiger partial charge on any atom is 0.100 e. The Morgan fingerprint density at radius 1 is 1.69 bits per heavy atom. The third-order valence-electron chi connectivity index (χ3n) is 2.47. The van der Waals surface area contributed by atoms with E-state index in [-0.39, 0.29) is 5.41 Å². The molecule has 0 bridgehead atoms. The molecule has 1 fully saturated rings. The van der Waals surface area contributed by atoms with E-state index >= 15 is 0 Å². The van der Waals surface area contributed by atoms with Crippen molar-refractivity contribution in [2.45, 2.75) is 38.0 Å². The Morgan fingerprint density at radius 2 is 2.46 bits per heavy atom. The Balaban J connectivity index is 2.19. The summed E-state index contributed by atoms with van der Waals surface area (Å²) < 4.78 is 0. The number of nitrogens with zero attached hydrogens (tertiary/aromatic N) is 2. The molecule has 0 amide bonds. The normalized spacial score (nSPS) is 18.2. The van der Waals surface area contributed by atoms with Gasteiger partial charge in [-0.15, -0.1) is 11.3 Å². The third-order valence-corrected chi connectivity index (χ3v) is 3.38. The first kappa shape index (κ1) is 8.71. The fourth-order valence-electron chi connectivity index (χ4n) is 1.41. The molecular formula is C10H12N2S. The van der Waals surface area contributed by atoms with Crippen molar-refractivity contribution in [1.29, 1.82) is 5.26 Å². The standard InChI is InChI=1S/C10H12N2S/c1-2-3-9-12-8(6-13-9)10(7-11)4-5-10/h6H,2-5H2,1H3. The van der Waals surface area contributed by atoms with Gasteiger partial charge in [0.05, 0.1) is 16.8 Å². The number of nitriles is 1. The van der Waals surface area contributed by atoms with Crippen molar-refractivity contribution in [3.05, 3.63) is 16.1 Å². The van der Waals surface area contributed by atoms with Crippen molar-refractivity contribution >= 4 is 11.3 Å². The van der Waals surface area contributed by atoms with Crippen LogP contribution in [0.1, 0.15) is 36.9 Å². The summed E-state index contributed by atoms with van der Waals surface area (Å²) in [6.45, 7) is 2.15. The zero-order chi connectivity index (χ0) is 9.31. The second-order valence-corrected chi connectivity index (χ2v) is 4.51. The predicted molar refractivity (Wildman–Crippen MR) is 52.6 cm³/mol. The van der Waals surface area contributed by atoms with E-state index in [1.54, 1.807) is 11.3 Å². The topological polar surface area (TPSA) is 36.7 Å². The molecule has 2 nitrogen and oxygen atoms in total. The van der Waals surface area contributed by atoms with Gasteiger partial charge in [-0.2, -0.15) is 5.26 Å². The van der Waals surface area contributed by atoms with Crippen molar-refractivity contribution in [3.8, 4) is 6.07 Å². The maximum absolute atomic E-state index is 8.96.